The van der Waals surface area contributed by atoms with Crippen LogP contribution in [0, 0.1) is 5.92 Å². The summed E-state index contributed by atoms with van der Waals surface area (Å²) >= 11 is 0. The van der Waals surface area contributed by atoms with Crippen LogP contribution in [0.25, 0.3) is 5.82 Å². The van der Waals surface area contributed by atoms with E-state index >= 15 is 0 Å². The average Bonchev–Trinajstić information content (AvgIpc) is 3.16. The van der Waals surface area contributed by atoms with Gasteiger partial charge in [-0.05, 0) is 50.9 Å². The van der Waals surface area contributed by atoms with E-state index in [1.165, 1.54) is 6.20 Å². The molecule has 0 saturated carbocycles. The summed E-state index contributed by atoms with van der Waals surface area (Å²) < 4.78 is 29.0. The van der Waals surface area contributed by atoms with E-state index in [9.17, 15) is 13.2 Å². The van der Waals surface area contributed by atoms with E-state index in [1.807, 2.05) is 4.90 Å². The van der Waals surface area contributed by atoms with Gasteiger partial charge in [0, 0.05) is 45.1 Å². The predicted molar refractivity (Wildman–Crippen MR) is 117 cm³/mol. The summed E-state index contributed by atoms with van der Waals surface area (Å²) in [5.74, 6) is 0.794. The largest absolute Gasteiger partial charge is 0.336 e. The smallest absolute Gasteiger partial charge is 0.274 e. The topological polar surface area (TPSA) is 91.6 Å². The van der Waals surface area contributed by atoms with Crippen molar-refractivity contribution in [3.05, 3.63) is 36.5 Å². The van der Waals surface area contributed by atoms with Crippen LogP contribution in [0.1, 0.15) is 36.7 Å². The SMILES string of the molecule is C[C@@H]1CCCN(S(=O)(=O)c2ccc(-n3cnc(C(=O)N4CCCN(C)CC4)c3)nc2)C1. The maximum atomic E-state index is 12.9. The molecule has 168 valence electrons. The second-order valence-electron chi connectivity index (χ2n) is 8.58. The van der Waals surface area contributed by atoms with Gasteiger partial charge in [0.25, 0.3) is 5.91 Å². The quantitative estimate of drug-likeness (QED) is 0.706. The van der Waals surface area contributed by atoms with Gasteiger partial charge in [0.15, 0.2) is 0 Å². The fraction of sp³-hybridized carbons (Fsp3) is 0.571. The van der Waals surface area contributed by atoms with E-state index in [0.29, 0.717) is 37.1 Å². The van der Waals surface area contributed by atoms with E-state index in [4.69, 9.17) is 0 Å². The maximum Gasteiger partial charge on any atom is 0.274 e. The van der Waals surface area contributed by atoms with Crippen LogP contribution in [0.15, 0.2) is 35.7 Å². The van der Waals surface area contributed by atoms with E-state index in [1.54, 1.807) is 33.5 Å². The molecular formula is C21H30N6O3S. The zero-order chi connectivity index (χ0) is 22.0. The molecule has 1 atom stereocenters. The number of hydrogen-bond acceptors (Lipinski definition) is 6. The highest BCUT2D eigenvalue weighted by Crippen LogP contribution is 2.23. The molecule has 2 aromatic heterocycles. The number of sulfonamides is 1. The molecule has 0 unspecified atom stereocenters. The number of likely N-dealkylation sites (N-methyl/N-ethyl adjacent to an activating group) is 1. The number of amides is 1. The van der Waals surface area contributed by atoms with Crippen LogP contribution in [0.5, 0.6) is 0 Å². The summed E-state index contributed by atoms with van der Waals surface area (Å²) in [5, 5.41) is 0. The Morgan fingerprint density at radius 2 is 1.90 bits per heavy atom. The molecular weight excluding hydrogens is 416 g/mol. The molecule has 0 radical (unpaired) electrons. The zero-order valence-corrected chi connectivity index (χ0v) is 19.0. The van der Waals surface area contributed by atoms with E-state index in [-0.39, 0.29) is 10.8 Å². The lowest BCUT2D eigenvalue weighted by Gasteiger charge is -2.29. The van der Waals surface area contributed by atoms with Crippen LogP contribution in [0.3, 0.4) is 0 Å². The molecule has 4 rings (SSSR count). The van der Waals surface area contributed by atoms with Crippen LogP contribution >= 0.6 is 0 Å². The van der Waals surface area contributed by atoms with Crippen molar-refractivity contribution < 1.29 is 13.2 Å². The Morgan fingerprint density at radius 3 is 2.65 bits per heavy atom. The molecule has 4 heterocycles. The minimum Gasteiger partial charge on any atom is -0.336 e. The van der Waals surface area contributed by atoms with Gasteiger partial charge in [-0.25, -0.2) is 18.4 Å². The summed E-state index contributed by atoms with van der Waals surface area (Å²) in [6.45, 7) is 6.40. The lowest BCUT2D eigenvalue weighted by Crippen LogP contribution is -2.39. The molecule has 0 bridgehead atoms. The van der Waals surface area contributed by atoms with E-state index < -0.39 is 10.0 Å². The number of hydrogen-bond donors (Lipinski definition) is 0. The van der Waals surface area contributed by atoms with Crippen molar-refractivity contribution in [1.82, 2.24) is 28.6 Å². The first-order valence-electron chi connectivity index (χ1n) is 10.8. The number of piperidine rings is 1. The zero-order valence-electron chi connectivity index (χ0n) is 18.1. The van der Waals surface area contributed by atoms with Gasteiger partial charge < -0.3 is 9.80 Å². The Bertz CT molecular complexity index is 1020. The molecule has 1 amide bonds. The van der Waals surface area contributed by atoms with Crippen LogP contribution in [-0.4, -0.2) is 89.3 Å². The molecule has 2 aliphatic heterocycles. The Balaban J connectivity index is 1.47. The van der Waals surface area contributed by atoms with Crippen LogP contribution in [0.2, 0.25) is 0 Å². The summed E-state index contributed by atoms with van der Waals surface area (Å²) in [4.78, 5) is 25.6. The number of carbonyl (C=O) groups is 1. The van der Waals surface area contributed by atoms with Crippen molar-refractivity contribution in [2.75, 3.05) is 46.3 Å². The fourth-order valence-corrected chi connectivity index (χ4v) is 5.71. The molecule has 9 nitrogen and oxygen atoms in total. The Hall–Kier alpha value is -2.30. The van der Waals surface area contributed by atoms with Gasteiger partial charge in [-0.3, -0.25) is 9.36 Å². The van der Waals surface area contributed by atoms with Gasteiger partial charge in [-0.15, -0.1) is 0 Å². The normalized spacial score (nSPS) is 21.7. The predicted octanol–water partition coefficient (Wildman–Crippen LogP) is 1.47. The van der Waals surface area contributed by atoms with Crippen molar-refractivity contribution in [2.24, 2.45) is 5.92 Å². The highest BCUT2D eigenvalue weighted by molar-refractivity contribution is 7.89. The van der Waals surface area contributed by atoms with Crippen molar-refractivity contribution in [3.63, 3.8) is 0 Å². The van der Waals surface area contributed by atoms with Gasteiger partial charge in [-0.1, -0.05) is 6.92 Å². The molecule has 2 fully saturated rings. The summed E-state index contributed by atoms with van der Waals surface area (Å²) in [5.41, 5.74) is 0.366. The van der Waals surface area contributed by atoms with E-state index in [2.05, 4.69) is 28.8 Å². The van der Waals surface area contributed by atoms with Crippen molar-refractivity contribution in [3.8, 4) is 5.82 Å². The number of pyridine rings is 1. The van der Waals surface area contributed by atoms with Crippen molar-refractivity contribution in [2.45, 2.75) is 31.1 Å². The highest BCUT2D eigenvalue weighted by Gasteiger charge is 2.29. The average molecular weight is 447 g/mol. The van der Waals surface area contributed by atoms with Gasteiger partial charge in [0.05, 0.1) is 0 Å². The molecule has 0 N–H and O–H groups in total. The van der Waals surface area contributed by atoms with Crippen LogP contribution in [0.4, 0.5) is 0 Å². The number of nitrogens with zero attached hydrogens (tertiary/aromatic N) is 6. The third-order valence-electron chi connectivity index (χ3n) is 6.05. The van der Waals surface area contributed by atoms with Gasteiger partial charge in [0.1, 0.15) is 22.7 Å². The monoisotopic (exact) mass is 446 g/mol. The second kappa shape index (κ2) is 9.05. The van der Waals surface area contributed by atoms with Gasteiger partial charge in [-0.2, -0.15) is 4.31 Å². The van der Waals surface area contributed by atoms with E-state index in [0.717, 1.165) is 38.9 Å². The highest BCUT2D eigenvalue weighted by atomic mass is 32.2. The Labute approximate surface area is 183 Å². The first-order valence-corrected chi connectivity index (χ1v) is 12.3. The first-order chi connectivity index (χ1) is 14.8. The molecule has 31 heavy (non-hydrogen) atoms. The number of rotatable bonds is 4. The van der Waals surface area contributed by atoms with Crippen LogP contribution in [-0.2, 0) is 10.0 Å². The van der Waals surface area contributed by atoms with Crippen molar-refractivity contribution >= 4 is 15.9 Å². The number of carbonyl (C=O) groups excluding carboxylic acids is 1. The second-order valence-corrected chi connectivity index (χ2v) is 10.5. The molecule has 2 saturated heterocycles. The van der Waals surface area contributed by atoms with Gasteiger partial charge in [0.2, 0.25) is 10.0 Å². The summed E-state index contributed by atoms with van der Waals surface area (Å²) in [7, 11) is -1.48. The van der Waals surface area contributed by atoms with Crippen LogP contribution < -0.4 is 0 Å². The number of imidazole rings is 1. The maximum absolute atomic E-state index is 12.9. The molecule has 0 spiro atoms. The van der Waals surface area contributed by atoms with Gasteiger partial charge >= 0.3 is 0 Å². The summed E-state index contributed by atoms with van der Waals surface area (Å²) in [6.07, 6.45) is 7.45. The third-order valence-corrected chi connectivity index (χ3v) is 7.90. The Morgan fingerprint density at radius 1 is 1.06 bits per heavy atom. The lowest BCUT2D eigenvalue weighted by molar-refractivity contribution is 0.0757. The molecule has 2 aromatic rings. The Kier molecular flexibility index (Phi) is 6.40. The molecule has 0 aromatic carbocycles. The minimum atomic E-state index is -3.54. The summed E-state index contributed by atoms with van der Waals surface area (Å²) in [6, 6.07) is 3.22. The fourth-order valence-electron chi connectivity index (χ4n) is 4.16. The minimum absolute atomic E-state index is 0.0903. The third kappa shape index (κ3) is 4.81. The molecule has 10 heteroatoms. The lowest BCUT2D eigenvalue weighted by atomic mass is 10.0. The molecule has 2 aliphatic rings. The number of aromatic nitrogens is 3. The van der Waals surface area contributed by atoms with Crippen molar-refractivity contribution in [1.29, 1.82) is 0 Å². The first kappa shape index (κ1) is 21.9. The standard InChI is InChI=1S/C21H30N6O3S/c1-17-5-3-10-27(14-17)31(29,30)18-6-7-20(22-13-18)26-15-19(23-16-26)21(28)25-9-4-8-24(2)11-12-25/h6-7,13,15-17H,3-5,8-12,14H2,1-2H3/t17-/m1/s1. The molecule has 0 aliphatic carbocycles.